The van der Waals surface area contributed by atoms with Crippen molar-refractivity contribution in [2.24, 2.45) is 0 Å². The number of nitrogens with zero attached hydrogens (tertiary/aromatic N) is 4. The first kappa shape index (κ1) is 21.1. The summed E-state index contributed by atoms with van der Waals surface area (Å²) >= 11 is 0. The standard InChI is InChI=1S/C24H35N5O/c1-3-23-26-21-12-15-28(17-22(21)29(23)4-2)18-24(30)25-20-10-13-27(14-11-20)16-19-8-6-5-7-9-19/h5-9,20H,3-4,10-18H2,1-2H3,(H,25,30). The van der Waals surface area contributed by atoms with E-state index in [2.05, 4.69) is 63.9 Å². The van der Waals surface area contributed by atoms with Gasteiger partial charge in [-0.15, -0.1) is 0 Å². The highest BCUT2D eigenvalue weighted by Gasteiger charge is 2.26. The second kappa shape index (κ2) is 9.75. The minimum absolute atomic E-state index is 0.165. The molecule has 6 heteroatoms. The van der Waals surface area contributed by atoms with Crippen LogP contribution in [0.3, 0.4) is 0 Å². The third-order valence-electron chi connectivity index (χ3n) is 6.47. The number of fused-ring (bicyclic) bond motifs is 1. The Morgan fingerprint density at radius 1 is 1.10 bits per heavy atom. The molecule has 6 nitrogen and oxygen atoms in total. The van der Waals surface area contributed by atoms with Gasteiger partial charge in [0.2, 0.25) is 5.91 Å². The van der Waals surface area contributed by atoms with Crippen LogP contribution in [0.25, 0.3) is 0 Å². The summed E-state index contributed by atoms with van der Waals surface area (Å²) in [6.07, 6.45) is 3.97. The first-order valence-corrected chi connectivity index (χ1v) is 11.5. The SMILES string of the molecule is CCc1nc2c(n1CC)CN(CC(=O)NC1CCN(Cc3ccccc3)CC1)CC2. The molecule has 1 amide bonds. The van der Waals surface area contributed by atoms with Crippen LogP contribution in [-0.4, -0.2) is 57.5 Å². The second-order valence-electron chi connectivity index (χ2n) is 8.58. The molecule has 0 atom stereocenters. The average Bonchev–Trinajstić information content (AvgIpc) is 3.13. The van der Waals surface area contributed by atoms with E-state index in [9.17, 15) is 4.79 Å². The van der Waals surface area contributed by atoms with Crippen molar-refractivity contribution < 1.29 is 4.79 Å². The van der Waals surface area contributed by atoms with Crippen molar-refractivity contribution in [2.45, 2.75) is 65.2 Å². The molecule has 1 aromatic heterocycles. The lowest BCUT2D eigenvalue weighted by Gasteiger charge is -2.33. The highest BCUT2D eigenvalue weighted by atomic mass is 16.2. The Hall–Kier alpha value is -2.18. The van der Waals surface area contributed by atoms with Gasteiger partial charge in [-0.05, 0) is 25.3 Å². The number of hydrogen-bond acceptors (Lipinski definition) is 4. The molecule has 1 aromatic carbocycles. The summed E-state index contributed by atoms with van der Waals surface area (Å²) in [6.45, 7) is 10.6. The lowest BCUT2D eigenvalue weighted by molar-refractivity contribution is -0.123. The molecule has 2 aromatic rings. The number of aromatic nitrogens is 2. The molecule has 0 aliphatic carbocycles. The predicted molar refractivity (Wildman–Crippen MR) is 119 cm³/mol. The number of piperidine rings is 1. The highest BCUT2D eigenvalue weighted by molar-refractivity contribution is 5.78. The largest absolute Gasteiger partial charge is 0.352 e. The number of hydrogen-bond donors (Lipinski definition) is 1. The lowest BCUT2D eigenvalue weighted by Crippen LogP contribution is -2.48. The number of likely N-dealkylation sites (tertiary alicyclic amines) is 1. The van der Waals surface area contributed by atoms with E-state index in [-0.39, 0.29) is 5.91 Å². The predicted octanol–water partition coefficient (Wildman–Crippen LogP) is 2.60. The van der Waals surface area contributed by atoms with Crippen LogP contribution in [0.5, 0.6) is 0 Å². The van der Waals surface area contributed by atoms with Crippen molar-refractivity contribution in [3.8, 4) is 0 Å². The van der Waals surface area contributed by atoms with Gasteiger partial charge in [-0.25, -0.2) is 4.98 Å². The lowest BCUT2D eigenvalue weighted by atomic mass is 10.0. The van der Waals surface area contributed by atoms with Crippen molar-refractivity contribution in [3.05, 3.63) is 53.1 Å². The van der Waals surface area contributed by atoms with Gasteiger partial charge in [0.05, 0.1) is 17.9 Å². The summed E-state index contributed by atoms with van der Waals surface area (Å²) in [5.74, 6) is 1.34. The number of rotatable bonds is 7. The maximum atomic E-state index is 12.7. The maximum absolute atomic E-state index is 12.7. The zero-order valence-corrected chi connectivity index (χ0v) is 18.4. The Kier molecular flexibility index (Phi) is 6.85. The molecule has 0 spiro atoms. The van der Waals surface area contributed by atoms with E-state index in [0.29, 0.717) is 12.6 Å². The number of carbonyl (C=O) groups excluding carboxylic acids is 1. The van der Waals surface area contributed by atoms with Gasteiger partial charge in [-0.3, -0.25) is 14.6 Å². The fraction of sp³-hybridized carbons (Fsp3) is 0.583. The molecule has 162 valence electrons. The molecule has 1 saturated heterocycles. The monoisotopic (exact) mass is 409 g/mol. The smallest absolute Gasteiger partial charge is 0.234 e. The van der Waals surface area contributed by atoms with Crippen molar-refractivity contribution in [1.82, 2.24) is 24.7 Å². The molecular formula is C24H35N5O. The van der Waals surface area contributed by atoms with Crippen LogP contribution in [0.2, 0.25) is 0 Å². The van der Waals surface area contributed by atoms with Crippen LogP contribution in [0.4, 0.5) is 0 Å². The summed E-state index contributed by atoms with van der Waals surface area (Å²) in [5.41, 5.74) is 3.90. The zero-order chi connectivity index (χ0) is 20.9. The van der Waals surface area contributed by atoms with Crippen molar-refractivity contribution in [2.75, 3.05) is 26.2 Å². The van der Waals surface area contributed by atoms with Gasteiger partial charge in [0.25, 0.3) is 0 Å². The Bertz CT molecular complexity index is 839. The number of benzene rings is 1. The van der Waals surface area contributed by atoms with Crippen molar-refractivity contribution >= 4 is 5.91 Å². The maximum Gasteiger partial charge on any atom is 0.234 e. The van der Waals surface area contributed by atoms with Gasteiger partial charge < -0.3 is 9.88 Å². The summed E-state index contributed by atoms with van der Waals surface area (Å²) in [7, 11) is 0. The van der Waals surface area contributed by atoms with E-state index >= 15 is 0 Å². The summed E-state index contributed by atoms with van der Waals surface area (Å²) in [4.78, 5) is 22.3. The number of nitrogens with one attached hydrogen (secondary N) is 1. The summed E-state index contributed by atoms with van der Waals surface area (Å²) in [5, 5.41) is 3.29. The molecule has 2 aliphatic heterocycles. The molecule has 0 saturated carbocycles. The van der Waals surface area contributed by atoms with Crippen LogP contribution < -0.4 is 5.32 Å². The van der Waals surface area contributed by atoms with E-state index in [1.165, 1.54) is 22.8 Å². The molecule has 0 bridgehead atoms. The summed E-state index contributed by atoms with van der Waals surface area (Å²) in [6, 6.07) is 10.9. The third-order valence-corrected chi connectivity index (χ3v) is 6.47. The first-order valence-electron chi connectivity index (χ1n) is 11.5. The van der Waals surface area contributed by atoms with Gasteiger partial charge in [0.15, 0.2) is 0 Å². The van der Waals surface area contributed by atoms with Crippen molar-refractivity contribution in [3.63, 3.8) is 0 Å². The third kappa shape index (κ3) is 4.93. The number of imidazole rings is 1. The van der Waals surface area contributed by atoms with E-state index in [1.807, 2.05) is 0 Å². The zero-order valence-electron chi connectivity index (χ0n) is 18.4. The van der Waals surface area contributed by atoms with Crippen molar-refractivity contribution in [1.29, 1.82) is 0 Å². The molecule has 2 aliphatic rings. The highest BCUT2D eigenvalue weighted by Crippen LogP contribution is 2.21. The van der Waals surface area contributed by atoms with Gasteiger partial charge in [0, 0.05) is 58.2 Å². The molecule has 0 unspecified atom stereocenters. The van der Waals surface area contributed by atoms with E-state index in [4.69, 9.17) is 4.98 Å². The number of carbonyl (C=O) groups is 1. The fourth-order valence-corrected chi connectivity index (χ4v) is 4.86. The molecule has 0 radical (unpaired) electrons. The van der Waals surface area contributed by atoms with Crippen LogP contribution >= 0.6 is 0 Å². The Morgan fingerprint density at radius 2 is 1.87 bits per heavy atom. The molecule has 1 N–H and O–H groups in total. The van der Waals surface area contributed by atoms with Gasteiger partial charge in [-0.1, -0.05) is 37.3 Å². The molecule has 30 heavy (non-hydrogen) atoms. The first-order chi connectivity index (χ1) is 14.7. The Balaban J connectivity index is 1.23. The summed E-state index contributed by atoms with van der Waals surface area (Å²) < 4.78 is 2.34. The fourth-order valence-electron chi connectivity index (χ4n) is 4.86. The van der Waals surface area contributed by atoms with E-state index in [0.717, 1.165) is 65.0 Å². The quantitative estimate of drug-likeness (QED) is 0.764. The van der Waals surface area contributed by atoms with E-state index in [1.54, 1.807) is 0 Å². The number of amides is 1. The van der Waals surface area contributed by atoms with Gasteiger partial charge in [0.1, 0.15) is 5.82 Å². The van der Waals surface area contributed by atoms with Crippen LogP contribution in [0, 0.1) is 0 Å². The molecular weight excluding hydrogens is 374 g/mol. The van der Waals surface area contributed by atoms with E-state index < -0.39 is 0 Å². The van der Waals surface area contributed by atoms with Gasteiger partial charge >= 0.3 is 0 Å². The number of aryl methyl sites for hydroxylation is 1. The average molecular weight is 410 g/mol. The minimum atomic E-state index is 0.165. The Labute approximate surface area is 180 Å². The molecule has 1 fully saturated rings. The second-order valence-corrected chi connectivity index (χ2v) is 8.58. The molecule has 4 rings (SSSR count). The van der Waals surface area contributed by atoms with Gasteiger partial charge in [-0.2, -0.15) is 0 Å². The van der Waals surface area contributed by atoms with Crippen LogP contribution in [-0.2, 0) is 37.3 Å². The molecule has 3 heterocycles. The van der Waals surface area contributed by atoms with Crippen LogP contribution in [0.1, 0.15) is 49.5 Å². The Morgan fingerprint density at radius 3 is 2.57 bits per heavy atom. The van der Waals surface area contributed by atoms with Crippen LogP contribution in [0.15, 0.2) is 30.3 Å². The minimum Gasteiger partial charge on any atom is -0.352 e. The topological polar surface area (TPSA) is 53.4 Å². The normalized spacial score (nSPS) is 18.3.